The van der Waals surface area contributed by atoms with Crippen LogP contribution in [0.2, 0.25) is 0 Å². The molecule has 1 amide bonds. The van der Waals surface area contributed by atoms with Crippen molar-refractivity contribution in [1.29, 1.82) is 0 Å². The summed E-state index contributed by atoms with van der Waals surface area (Å²) in [4.78, 5) is 19.5. The van der Waals surface area contributed by atoms with E-state index in [0.29, 0.717) is 17.3 Å². The lowest BCUT2D eigenvalue weighted by molar-refractivity contribution is -0.116. The molecule has 3 heterocycles. The highest BCUT2D eigenvalue weighted by Gasteiger charge is 2.41. The molecular weight excluding hydrogens is 565 g/mol. The number of thiocarbonyl (C=S) groups is 1. The maximum absolute atomic E-state index is 13.2. The molecule has 1 aliphatic heterocycles. The fourth-order valence-electron chi connectivity index (χ4n) is 5.05. The molecule has 0 bridgehead atoms. The number of carbonyl (C=O) groups excluding carboxylic acids is 1. The summed E-state index contributed by atoms with van der Waals surface area (Å²) in [7, 11) is 0. The number of rotatable bonds is 7. The molecule has 1 saturated heterocycles. The molecule has 2 N–H and O–H groups in total. The van der Waals surface area contributed by atoms with Gasteiger partial charge in [-0.15, -0.1) is 0 Å². The zero-order chi connectivity index (χ0) is 26.8. The van der Waals surface area contributed by atoms with Gasteiger partial charge < -0.3 is 20.1 Å². The van der Waals surface area contributed by atoms with Crippen LogP contribution >= 0.6 is 28.1 Å². The van der Waals surface area contributed by atoms with E-state index in [9.17, 15) is 9.18 Å². The fourth-order valence-corrected chi connectivity index (χ4v) is 5.85. The molecular formula is C29H27BrFN5OS. The van der Waals surface area contributed by atoms with Crippen molar-refractivity contribution < 1.29 is 9.18 Å². The summed E-state index contributed by atoms with van der Waals surface area (Å²) in [6, 6.07) is 21.6. The van der Waals surface area contributed by atoms with E-state index in [1.165, 1.54) is 12.1 Å². The molecule has 5 rings (SSSR count). The number of halogens is 2. The van der Waals surface area contributed by atoms with Crippen molar-refractivity contribution in [2.45, 2.75) is 32.4 Å². The minimum atomic E-state index is -0.347. The van der Waals surface area contributed by atoms with Crippen LogP contribution in [0, 0.1) is 19.7 Å². The standard InChI is InChI=1S/C29H27BrFN5OS/c1-18-17-22(19(2)36(18)25-9-4-3-7-23(25)30)28-27(24-8-5-6-15-32-24)34-29(38)35(28)16-14-26(37)33-21-12-10-20(31)11-13-21/h3-13,15,17,27-28H,14,16H2,1-2H3,(H,33,37)(H,34,38). The normalized spacial score (nSPS) is 16.9. The first-order chi connectivity index (χ1) is 18.3. The topological polar surface area (TPSA) is 62.2 Å². The van der Waals surface area contributed by atoms with Gasteiger partial charge in [-0.3, -0.25) is 9.78 Å². The van der Waals surface area contributed by atoms with Crippen LogP contribution in [0.4, 0.5) is 10.1 Å². The van der Waals surface area contributed by atoms with Crippen LogP contribution in [-0.2, 0) is 4.79 Å². The first-order valence-corrected chi connectivity index (χ1v) is 13.5. The number of anilines is 1. The molecule has 1 fully saturated rings. The third-order valence-electron chi connectivity index (χ3n) is 6.79. The van der Waals surface area contributed by atoms with Crippen molar-refractivity contribution in [2.75, 3.05) is 11.9 Å². The average molecular weight is 593 g/mol. The molecule has 38 heavy (non-hydrogen) atoms. The number of nitrogens with zero attached hydrogens (tertiary/aromatic N) is 3. The highest BCUT2D eigenvalue weighted by Crippen LogP contribution is 2.42. The van der Waals surface area contributed by atoms with Gasteiger partial charge in [0.1, 0.15) is 5.82 Å². The summed E-state index contributed by atoms with van der Waals surface area (Å²) in [6.07, 6.45) is 1.99. The maximum Gasteiger partial charge on any atom is 0.226 e. The van der Waals surface area contributed by atoms with Gasteiger partial charge in [0.25, 0.3) is 0 Å². The van der Waals surface area contributed by atoms with E-state index in [1.807, 2.05) is 36.4 Å². The fraction of sp³-hybridized carbons (Fsp3) is 0.207. The molecule has 0 aliphatic carbocycles. The zero-order valence-corrected chi connectivity index (χ0v) is 23.4. The van der Waals surface area contributed by atoms with E-state index < -0.39 is 0 Å². The van der Waals surface area contributed by atoms with E-state index in [2.05, 4.69) is 67.0 Å². The molecule has 0 spiro atoms. The molecule has 0 radical (unpaired) electrons. The third kappa shape index (κ3) is 5.21. The summed E-state index contributed by atoms with van der Waals surface area (Å²) in [5.41, 5.74) is 5.79. The van der Waals surface area contributed by atoms with Crippen molar-refractivity contribution in [1.82, 2.24) is 19.8 Å². The Kier molecular flexibility index (Phi) is 7.58. The second-order valence-corrected chi connectivity index (χ2v) is 10.5. The quantitative estimate of drug-likeness (QED) is 0.244. The monoisotopic (exact) mass is 591 g/mol. The molecule has 9 heteroatoms. The molecule has 194 valence electrons. The lowest BCUT2D eigenvalue weighted by atomic mass is 9.96. The van der Waals surface area contributed by atoms with Gasteiger partial charge in [-0.1, -0.05) is 18.2 Å². The molecule has 1 aliphatic rings. The number of aryl methyl sites for hydroxylation is 1. The summed E-state index contributed by atoms with van der Waals surface area (Å²) >= 11 is 9.48. The van der Waals surface area contributed by atoms with Crippen LogP contribution in [0.25, 0.3) is 5.69 Å². The SMILES string of the molecule is Cc1cc(C2C(c3ccccn3)NC(=S)N2CCC(=O)Nc2ccc(F)cc2)c(C)n1-c1ccccc1Br. The van der Waals surface area contributed by atoms with Gasteiger partial charge in [0.05, 0.1) is 23.5 Å². The summed E-state index contributed by atoms with van der Waals surface area (Å²) < 4.78 is 16.5. The van der Waals surface area contributed by atoms with Crippen LogP contribution in [-0.4, -0.2) is 32.0 Å². The smallest absolute Gasteiger partial charge is 0.226 e. The number of hydrogen-bond donors (Lipinski definition) is 2. The molecule has 2 atom stereocenters. The Morgan fingerprint density at radius 2 is 1.84 bits per heavy atom. The van der Waals surface area contributed by atoms with Crippen LogP contribution in [0.1, 0.15) is 41.1 Å². The molecule has 4 aromatic rings. The second-order valence-electron chi connectivity index (χ2n) is 9.24. The van der Waals surface area contributed by atoms with Gasteiger partial charge in [0, 0.05) is 40.7 Å². The van der Waals surface area contributed by atoms with E-state index >= 15 is 0 Å². The summed E-state index contributed by atoms with van der Waals surface area (Å²) in [5, 5.41) is 6.87. The van der Waals surface area contributed by atoms with Gasteiger partial charge in [-0.25, -0.2) is 4.39 Å². The minimum absolute atomic E-state index is 0.168. The van der Waals surface area contributed by atoms with E-state index in [4.69, 9.17) is 12.2 Å². The number of nitrogens with one attached hydrogen (secondary N) is 2. The zero-order valence-electron chi connectivity index (χ0n) is 21.0. The molecule has 6 nitrogen and oxygen atoms in total. The van der Waals surface area contributed by atoms with Crippen LogP contribution in [0.5, 0.6) is 0 Å². The van der Waals surface area contributed by atoms with Crippen molar-refractivity contribution in [3.63, 3.8) is 0 Å². The van der Waals surface area contributed by atoms with E-state index in [-0.39, 0.29) is 30.2 Å². The van der Waals surface area contributed by atoms with E-state index in [0.717, 1.165) is 32.8 Å². The third-order valence-corrected chi connectivity index (χ3v) is 7.81. The van der Waals surface area contributed by atoms with Crippen LogP contribution in [0.3, 0.4) is 0 Å². The number of pyridine rings is 1. The molecule has 0 saturated carbocycles. The van der Waals surface area contributed by atoms with Crippen molar-refractivity contribution >= 4 is 44.9 Å². The first kappa shape index (κ1) is 26.1. The summed E-state index contributed by atoms with van der Waals surface area (Å²) in [6.45, 7) is 4.61. The highest BCUT2D eigenvalue weighted by molar-refractivity contribution is 9.10. The maximum atomic E-state index is 13.2. The number of carbonyl (C=O) groups is 1. The van der Waals surface area contributed by atoms with Crippen molar-refractivity contribution in [3.8, 4) is 5.69 Å². The Labute approximate surface area is 235 Å². The molecule has 2 aromatic heterocycles. The Morgan fingerprint density at radius 3 is 2.55 bits per heavy atom. The average Bonchev–Trinajstić information content (AvgIpc) is 3.39. The Balaban J connectivity index is 1.47. The predicted molar refractivity (Wildman–Crippen MR) is 155 cm³/mol. The Morgan fingerprint density at radius 1 is 1.11 bits per heavy atom. The van der Waals surface area contributed by atoms with Crippen molar-refractivity contribution in [3.05, 3.63) is 112 Å². The lowest BCUT2D eigenvalue weighted by Crippen LogP contribution is -2.32. The van der Waals surface area contributed by atoms with Gasteiger partial charge in [0.15, 0.2) is 5.11 Å². The summed E-state index contributed by atoms with van der Waals surface area (Å²) in [5.74, 6) is -0.516. The Hall–Kier alpha value is -3.56. The van der Waals surface area contributed by atoms with Crippen LogP contribution < -0.4 is 10.6 Å². The number of para-hydroxylation sites is 1. The second kappa shape index (κ2) is 11.0. The number of amides is 1. The predicted octanol–water partition coefficient (Wildman–Crippen LogP) is 6.39. The van der Waals surface area contributed by atoms with Gasteiger partial charge in [-0.05, 0) is 102 Å². The largest absolute Gasteiger partial charge is 0.352 e. The number of benzene rings is 2. The number of hydrogen-bond acceptors (Lipinski definition) is 3. The van der Waals surface area contributed by atoms with Gasteiger partial charge in [-0.2, -0.15) is 0 Å². The molecule has 2 aromatic carbocycles. The first-order valence-electron chi connectivity index (χ1n) is 12.3. The van der Waals surface area contributed by atoms with Crippen LogP contribution in [0.15, 0.2) is 83.5 Å². The van der Waals surface area contributed by atoms with Crippen molar-refractivity contribution in [2.24, 2.45) is 0 Å². The minimum Gasteiger partial charge on any atom is -0.352 e. The lowest BCUT2D eigenvalue weighted by Gasteiger charge is -2.28. The van der Waals surface area contributed by atoms with Gasteiger partial charge in [0.2, 0.25) is 5.91 Å². The highest BCUT2D eigenvalue weighted by atomic mass is 79.9. The Bertz CT molecular complexity index is 1470. The molecule has 2 unspecified atom stereocenters. The number of aromatic nitrogens is 2. The van der Waals surface area contributed by atoms with E-state index in [1.54, 1.807) is 18.3 Å². The van der Waals surface area contributed by atoms with Gasteiger partial charge >= 0.3 is 0 Å².